The van der Waals surface area contributed by atoms with Gasteiger partial charge in [0.25, 0.3) is 5.69 Å². The van der Waals surface area contributed by atoms with E-state index in [0.29, 0.717) is 24.1 Å². The van der Waals surface area contributed by atoms with Crippen LogP contribution in [0, 0.1) is 10.1 Å². The van der Waals surface area contributed by atoms with Crippen LogP contribution in [0.2, 0.25) is 0 Å². The molecule has 1 N–H and O–H groups in total. The molecular weight excluding hydrogens is 314 g/mol. The van der Waals surface area contributed by atoms with Crippen LogP contribution in [0.1, 0.15) is 10.5 Å². The Morgan fingerprint density at radius 1 is 1.42 bits per heavy atom. The summed E-state index contributed by atoms with van der Waals surface area (Å²) in [6.07, 6.45) is 1.27. The van der Waals surface area contributed by atoms with E-state index in [1.165, 1.54) is 10.9 Å². The first-order valence-electron chi connectivity index (χ1n) is 7.24. The third-order valence-electron chi connectivity index (χ3n) is 3.51. The molecule has 0 amide bonds. The number of aromatic nitrogens is 5. The SMILES string of the molecule is CN(C)CCn1cc([N+](=O)[O-])c(C(=O)[n+]2[nH]nc3ccccc32)n1. The van der Waals surface area contributed by atoms with Crippen molar-refractivity contribution in [2.75, 3.05) is 20.6 Å². The highest BCUT2D eigenvalue weighted by Gasteiger charge is 2.32. The molecule has 0 aliphatic heterocycles. The molecule has 0 aliphatic carbocycles. The molecule has 0 unspecified atom stereocenters. The fourth-order valence-corrected chi connectivity index (χ4v) is 2.28. The Bertz CT molecular complexity index is 912. The van der Waals surface area contributed by atoms with Crippen LogP contribution in [-0.2, 0) is 6.54 Å². The summed E-state index contributed by atoms with van der Waals surface area (Å²) >= 11 is 0. The highest BCUT2D eigenvalue weighted by Crippen LogP contribution is 2.17. The number of nitrogens with zero attached hydrogens (tertiary/aromatic N) is 6. The molecule has 124 valence electrons. The molecule has 3 aromatic rings. The van der Waals surface area contributed by atoms with Crippen molar-refractivity contribution in [1.82, 2.24) is 25.0 Å². The van der Waals surface area contributed by atoms with Gasteiger partial charge in [0.05, 0.1) is 11.5 Å². The summed E-state index contributed by atoms with van der Waals surface area (Å²) in [6, 6.07) is 6.98. The number of para-hydroxylation sites is 2. The molecule has 2 heterocycles. The lowest BCUT2D eigenvalue weighted by atomic mass is 10.3. The molecular formula is C14H16N7O3+. The molecule has 0 radical (unpaired) electrons. The van der Waals surface area contributed by atoms with E-state index in [1.807, 2.05) is 19.0 Å². The Morgan fingerprint density at radius 3 is 2.88 bits per heavy atom. The van der Waals surface area contributed by atoms with E-state index in [1.54, 1.807) is 24.3 Å². The minimum atomic E-state index is -0.626. The van der Waals surface area contributed by atoms with Gasteiger partial charge < -0.3 is 4.90 Å². The number of hydrogen-bond acceptors (Lipinski definition) is 6. The fourth-order valence-electron chi connectivity index (χ4n) is 2.28. The van der Waals surface area contributed by atoms with Crippen molar-refractivity contribution < 1.29 is 14.4 Å². The van der Waals surface area contributed by atoms with Gasteiger partial charge in [0.2, 0.25) is 11.0 Å². The van der Waals surface area contributed by atoms with Gasteiger partial charge in [-0.2, -0.15) is 5.10 Å². The summed E-state index contributed by atoms with van der Waals surface area (Å²) in [4.78, 5) is 25.3. The van der Waals surface area contributed by atoms with E-state index < -0.39 is 10.8 Å². The summed E-state index contributed by atoms with van der Waals surface area (Å²) < 4.78 is 2.56. The molecule has 0 saturated heterocycles. The number of nitrogens with one attached hydrogen (secondary N) is 1. The largest absolute Gasteiger partial charge is 0.392 e. The van der Waals surface area contributed by atoms with Crippen LogP contribution in [0.3, 0.4) is 0 Å². The van der Waals surface area contributed by atoms with Gasteiger partial charge in [-0.15, -0.1) is 0 Å². The zero-order valence-corrected chi connectivity index (χ0v) is 13.2. The predicted molar refractivity (Wildman–Crippen MR) is 83.5 cm³/mol. The van der Waals surface area contributed by atoms with Crippen molar-refractivity contribution in [3.8, 4) is 0 Å². The maximum absolute atomic E-state index is 12.7. The van der Waals surface area contributed by atoms with E-state index >= 15 is 0 Å². The first-order chi connectivity index (χ1) is 11.5. The number of aromatic amines is 1. The molecule has 10 heteroatoms. The second-order valence-corrected chi connectivity index (χ2v) is 5.53. The highest BCUT2D eigenvalue weighted by atomic mass is 16.6. The van der Waals surface area contributed by atoms with Crippen LogP contribution in [0.4, 0.5) is 5.69 Å². The number of rotatable bonds is 5. The Kier molecular flexibility index (Phi) is 4.04. The minimum Gasteiger partial charge on any atom is -0.308 e. The number of benzene rings is 1. The maximum atomic E-state index is 12.7. The Hall–Kier alpha value is -3.14. The molecule has 24 heavy (non-hydrogen) atoms. The molecule has 10 nitrogen and oxygen atoms in total. The van der Waals surface area contributed by atoms with E-state index in [0.717, 1.165) is 4.68 Å². The number of H-pyrrole nitrogens is 1. The Morgan fingerprint density at radius 2 is 2.17 bits per heavy atom. The molecule has 2 aromatic heterocycles. The number of fused-ring (bicyclic) bond motifs is 1. The van der Waals surface area contributed by atoms with Gasteiger partial charge in [-0.3, -0.25) is 14.8 Å². The topological polar surface area (TPSA) is 114 Å². The maximum Gasteiger partial charge on any atom is 0.392 e. The van der Waals surface area contributed by atoms with Crippen molar-refractivity contribution >= 4 is 22.6 Å². The summed E-state index contributed by atoms with van der Waals surface area (Å²) in [7, 11) is 3.77. The van der Waals surface area contributed by atoms with E-state index in [-0.39, 0.29) is 11.4 Å². The van der Waals surface area contributed by atoms with Crippen molar-refractivity contribution in [2.24, 2.45) is 0 Å². The second kappa shape index (κ2) is 6.16. The van der Waals surface area contributed by atoms with Gasteiger partial charge >= 0.3 is 11.6 Å². The van der Waals surface area contributed by atoms with Gasteiger partial charge in [-0.25, -0.2) is 4.79 Å². The van der Waals surface area contributed by atoms with Crippen molar-refractivity contribution in [3.05, 3.63) is 46.3 Å². The smallest absolute Gasteiger partial charge is 0.308 e. The lowest BCUT2D eigenvalue weighted by Gasteiger charge is -2.08. The van der Waals surface area contributed by atoms with Gasteiger partial charge in [0.15, 0.2) is 0 Å². The average Bonchev–Trinajstić information content (AvgIpc) is 3.16. The second-order valence-electron chi connectivity index (χ2n) is 5.53. The zero-order valence-electron chi connectivity index (χ0n) is 13.2. The van der Waals surface area contributed by atoms with Gasteiger partial charge in [0.1, 0.15) is 6.20 Å². The van der Waals surface area contributed by atoms with Crippen molar-refractivity contribution in [2.45, 2.75) is 6.54 Å². The van der Waals surface area contributed by atoms with Crippen LogP contribution in [0.15, 0.2) is 30.5 Å². The van der Waals surface area contributed by atoms with Gasteiger partial charge in [-0.05, 0) is 31.4 Å². The van der Waals surface area contributed by atoms with E-state index in [9.17, 15) is 14.9 Å². The molecule has 3 rings (SSSR count). The summed E-state index contributed by atoms with van der Waals surface area (Å²) in [6.45, 7) is 1.09. The van der Waals surface area contributed by atoms with Crippen molar-refractivity contribution in [3.63, 3.8) is 0 Å². The molecule has 0 spiro atoms. The molecule has 1 aromatic carbocycles. The standard InChI is InChI=1S/C14H15N7O3/c1-18(2)7-8-19-9-12(21(23)24)13(16-19)14(22)20-11-6-4-3-5-10(11)15-17-20/h3-6,9H,7-8H2,1-2H3/p+1. The zero-order chi connectivity index (χ0) is 17.3. The summed E-state index contributed by atoms with van der Waals surface area (Å²) in [5, 5.41) is 21.9. The number of carbonyl (C=O) groups is 1. The Labute approximate surface area is 136 Å². The van der Waals surface area contributed by atoms with Crippen molar-refractivity contribution in [1.29, 1.82) is 0 Å². The van der Waals surface area contributed by atoms with Crippen LogP contribution in [0.5, 0.6) is 0 Å². The minimum absolute atomic E-state index is 0.224. The number of hydrogen-bond donors (Lipinski definition) is 1. The highest BCUT2D eigenvalue weighted by molar-refractivity contribution is 5.91. The molecule has 0 aliphatic rings. The first-order valence-corrected chi connectivity index (χ1v) is 7.24. The third kappa shape index (κ3) is 2.86. The third-order valence-corrected chi connectivity index (χ3v) is 3.51. The van der Waals surface area contributed by atoms with E-state index in [2.05, 4.69) is 15.4 Å². The molecule has 0 atom stereocenters. The molecule has 0 fully saturated rings. The number of nitro groups is 1. The lowest BCUT2D eigenvalue weighted by molar-refractivity contribution is -0.610. The number of likely N-dealkylation sites (N-methyl/N-ethyl adjacent to an activating group) is 1. The normalized spacial score (nSPS) is 11.3. The quantitative estimate of drug-likeness (QED) is 0.406. The van der Waals surface area contributed by atoms with Crippen LogP contribution in [0.25, 0.3) is 11.0 Å². The van der Waals surface area contributed by atoms with Crippen LogP contribution < -0.4 is 4.68 Å². The summed E-state index contributed by atoms with van der Waals surface area (Å²) in [5.74, 6) is -0.626. The predicted octanol–water partition coefficient (Wildman–Crippen LogP) is 0.205. The molecule has 0 bridgehead atoms. The van der Waals surface area contributed by atoms with Crippen LogP contribution >= 0.6 is 0 Å². The average molecular weight is 330 g/mol. The van der Waals surface area contributed by atoms with Gasteiger partial charge in [0, 0.05) is 11.6 Å². The Balaban J connectivity index is 2.01. The molecule has 0 saturated carbocycles. The van der Waals surface area contributed by atoms with E-state index in [4.69, 9.17) is 0 Å². The fraction of sp³-hybridized carbons (Fsp3) is 0.286. The van der Waals surface area contributed by atoms with Gasteiger partial charge in [-0.1, -0.05) is 16.8 Å². The monoisotopic (exact) mass is 330 g/mol. The summed E-state index contributed by atoms with van der Waals surface area (Å²) in [5.41, 5.74) is 0.559. The van der Waals surface area contributed by atoms with Crippen LogP contribution in [-0.4, -0.2) is 56.5 Å². The lowest BCUT2D eigenvalue weighted by Crippen LogP contribution is -2.45. The first kappa shape index (κ1) is 15.7. The number of carbonyl (C=O) groups excluding carboxylic acids is 1.